The van der Waals surface area contributed by atoms with Crippen LogP contribution in [0.5, 0.6) is 0 Å². The van der Waals surface area contributed by atoms with Crippen LogP contribution in [0.1, 0.15) is 0 Å². The molecule has 12 heteroatoms. The van der Waals surface area contributed by atoms with E-state index >= 15 is 0 Å². The fourth-order valence-electron chi connectivity index (χ4n) is 2.05. The summed E-state index contributed by atoms with van der Waals surface area (Å²) in [6.45, 7) is -0.723. The van der Waals surface area contributed by atoms with Gasteiger partial charge in [-0.2, -0.15) is 0 Å². The number of aromatic nitrogens is 6. The van der Waals surface area contributed by atoms with E-state index in [0.29, 0.717) is 27.4 Å². The van der Waals surface area contributed by atoms with E-state index < -0.39 is 40.8 Å². The third-order valence-corrected chi connectivity index (χ3v) is 3.50. The lowest BCUT2D eigenvalue weighted by Crippen LogP contribution is -2.58. The van der Waals surface area contributed by atoms with Crippen LogP contribution in [-0.4, -0.2) is 27.4 Å². The van der Waals surface area contributed by atoms with Crippen LogP contribution in [0, 0.1) is 0 Å². The Morgan fingerprint density at radius 3 is 0.913 bits per heavy atom. The van der Waals surface area contributed by atoms with E-state index in [9.17, 15) is 28.8 Å². The minimum Gasteiger partial charge on any atom is -0.248 e. The highest BCUT2D eigenvalue weighted by Crippen LogP contribution is 1.73. The van der Waals surface area contributed by atoms with Gasteiger partial charge >= 0.3 is 34.1 Å². The van der Waals surface area contributed by atoms with Crippen molar-refractivity contribution >= 4 is 0 Å². The van der Waals surface area contributed by atoms with Gasteiger partial charge in [-0.25, -0.2) is 56.2 Å². The van der Waals surface area contributed by atoms with Crippen molar-refractivity contribution in [3.8, 4) is 0 Å². The average Bonchev–Trinajstić information content (AvgIpc) is 2.54. The van der Waals surface area contributed by atoms with Crippen molar-refractivity contribution in [3.63, 3.8) is 0 Å². The molecule has 12 nitrogen and oxygen atoms in total. The molecule has 0 atom stereocenters. The predicted octanol–water partition coefficient (Wildman–Crippen LogP) is -4.69. The third-order valence-electron chi connectivity index (χ3n) is 3.50. The van der Waals surface area contributed by atoms with Gasteiger partial charge in [0.15, 0.2) is 0 Å². The van der Waals surface area contributed by atoms with Crippen LogP contribution in [0.3, 0.4) is 0 Å². The zero-order valence-electron chi connectivity index (χ0n) is 12.8. The van der Waals surface area contributed by atoms with Gasteiger partial charge in [0.1, 0.15) is 6.67 Å². The van der Waals surface area contributed by atoms with E-state index in [1.54, 1.807) is 0 Å². The minimum absolute atomic E-state index is 0.550. The summed E-state index contributed by atoms with van der Waals surface area (Å²) in [4.78, 5) is 71.5. The largest absolute Gasteiger partial charge is 0.337 e. The van der Waals surface area contributed by atoms with Crippen LogP contribution in [0.4, 0.5) is 0 Å². The Balaban J connectivity index is 2.88. The highest BCUT2D eigenvalue weighted by molar-refractivity contribution is 4.80. The van der Waals surface area contributed by atoms with Crippen LogP contribution in [0.2, 0.25) is 0 Å². The number of hydrogen-bond donors (Lipinski definition) is 0. The minimum atomic E-state index is -0.985. The molecule has 0 aromatic carbocycles. The second-order valence-corrected chi connectivity index (χ2v) is 4.93. The molecule has 0 spiro atoms. The molecule has 2 aromatic rings. The van der Waals surface area contributed by atoms with Gasteiger partial charge in [-0.15, -0.1) is 0 Å². The van der Waals surface area contributed by atoms with Crippen molar-refractivity contribution in [2.75, 3.05) is 0 Å². The molecule has 2 rings (SSSR count). The average molecular weight is 326 g/mol. The molecule has 0 saturated carbocycles. The van der Waals surface area contributed by atoms with Gasteiger partial charge in [0.25, 0.3) is 0 Å². The molecule has 0 saturated heterocycles. The molecule has 23 heavy (non-hydrogen) atoms. The predicted molar refractivity (Wildman–Crippen MR) is 77.8 cm³/mol. The van der Waals surface area contributed by atoms with Crippen LogP contribution in [0.15, 0.2) is 28.8 Å². The topological polar surface area (TPSA) is 132 Å². The van der Waals surface area contributed by atoms with Crippen LogP contribution in [-0.2, 0) is 34.9 Å². The molecule has 0 aliphatic heterocycles. The lowest BCUT2D eigenvalue weighted by atomic mass is 10.7. The summed E-state index contributed by atoms with van der Waals surface area (Å²) in [5.41, 5.74) is -5.61. The van der Waals surface area contributed by atoms with Crippen LogP contribution >= 0.6 is 0 Å². The quantitative estimate of drug-likeness (QED) is 0.545. The van der Waals surface area contributed by atoms with Gasteiger partial charge in [0.2, 0.25) is 0 Å². The molecule has 2 heterocycles. The first-order chi connectivity index (χ1) is 10.6. The Bertz CT molecular complexity index is 978. The van der Waals surface area contributed by atoms with Crippen molar-refractivity contribution in [2.24, 2.45) is 28.2 Å². The summed E-state index contributed by atoms with van der Waals surface area (Å²) in [5.74, 6) is 0. The van der Waals surface area contributed by atoms with Gasteiger partial charge in [-0.1, -0.05) is 0 Å². The standard InChI is InChI=1S/C11H14N6O6/c1-12-6(18)13(2)9(21)16(8(12)20)5-17-10(22)14(3)7(19)15(4)11(17)23/h5H2,1-4H3. The van der Waals surface area contributed by atoms with E-state index in [-0.39, 0.29) is 0 Å². The van der Waals surface area contributed by atoms with Crippen molar-refractivity contribution in [1.82, 2.24) is 27.4 Å². The molecule has 0 bridgehead atoms. The van der Waals surface area contributed by atoms with E-state index in [0.717, 1.165) is 28.2 Å². The van der Waals surface area contributed by atoms with Crippen molar-refractivity contribution in [1.29, 1.82) is 0 Å². The Labute approximate surface area is 126 Å². The summed E-state index contributed by atoms with van der Waals surface area (Å²) in [6.07, 6.45) is 0. The highest BCUT2D eigenvalue weighted by atomic mass is 16.2. The molecule has 124 valence electrons. The number of nitrogens with zero attached hydrogens (tertiary/aromatic N) is 6. The van der Waals surface area contributed by atoms with Gasteiger partial charge in [-0.3, -0.25) is 0 Å². The summed E-state index contributed by atoms with van der Waals surface area (Å²) < 4.78 is 3.76. The number of hydrogen-bond acceptors (Lipinski definition) is 6. The second-order valence-electron chi connectivity index (χ2n) is 4.93. The maximum absolute atomic E-state index is 12.0. The second kappa shape index (κ2) is 5.23. The monoisotopic (exact) mass is 326 g/mol. The summed E-state index contributed by atoms with van der Waals surface area (Å²) in [5, 5.41) is 0. The summed E-state index contributed by atoms with van der Waals surface area (Å²) in [7, 11) is 4.62. The first-order valence-corrected chi connectivity index (χ1v) is 6.33. The molecule has 0 unspecified atom stereocenters. The fraction of sp³-hybridized carbons (Fsp3) is 0.455. The molecule has 0 aliphatic rings. The molecule has 0 amide bonds. The maximum Gasteiger partial charge on any atom is 0.337 e. The summed E-state index contributed by atoms with van der Waals surface area (Å²) in [6, 6.07) is 0. The molecule has 0 aliphatic carbocycles. The SMILES string of the molecule is Cn1c(=O)n(C)c(=O)n(Cn2c(=O)n(C)c(=O)n(C)c2=O)c1=O. The maximum atomic E-state index is 12.0. The third kappa shape index (κ3) is 2.23. The molecule has 0 radical (unpaired) electrons. The highest BCUT2D eigenvalue weighted by Gasteiger charge is 2.15. The Hall–Kier alpha value is -3.18. The van der Waals surface area contributed by atoms with Gasteiger partial charge in [-0.05, 0) is 0 Å². The van der Waals surface area contributed by atoms with Gasteiger partial charge in [0.05, 0.1) is 0 Å². The van der Waals surface area contributed by atoms with Gasteiger partial charge < -0.3 is 0 Å². The van der Waals surface area contributed by atoms with E-state index in [2.05, 4.69) is 0 Å². The smallest absolute Gasteiger partial charge is 0.248 e. The lowest BCUT2D eigenvalue weighted by Gasteiger charge is -2.11. The summed E-state index contributed by atoms with van der Waals surface area (Å²) >= 11 is 0. The van der Waals surface area contributed by atoms with E-state index in [1.807, 2.05) is 0 Å². The van der Waals surface area contributed by atoms with E-state index in [4.69, 9.17) is 0 Å². The zero-order chi connectivity index (χ0) is 17.6. The van der Waals surface area contributed by atoms with Gasteiger partial charge in [0, 0.05) is 28.2 Å². The first-order valence-electron chi connectivity index (χ1n) is 6.33. The Kier molecular flexibility index (Phi) is 3.68. The Morgan fingerprint density at radius 1 is 0.478 bits per heavy atom. The number of rotatable bonds is 2. The lowest BCUT2D eigenvalue weighted by molar-refractivity contribution is 0.423. The van der Waals surface area contributed by atoms with Crippen LogP contribution < -0.4 is 34.1 Å². The van der Waals surface area contributed by atoms with Crippen molar-refractivity contribution in [3.05, 3.63) is 62.9 Å². The van der Waals surface area contributed by atoms with Crippen molar-refractivity contribution < 1.29 is 0 Å². The van der Waals surface area contributed by atoms with Crippen molar-refractivity contribution in [2.45, 2.75) is 6.67 Å². The van der Waals surface area contributed by atoms with E-state index in [1.165, 1.54) is 0 Å². The first kappa shape index (κ1) is 16.2. The molecule has 2 aromatic heterocycles. The molecular formula is C11H14N6O6. The van der Waals surface area contributed by atoms with Crippen LogP contribution in [0.25, 0.3) is 0 Å². The molecule has 0 N–H and O–H groups in total. The normalized spacial score (nSPS) is 11.0. The molecular weight excluding hydrogens is 312 g/mol. The zero-order valence-corrected chi connectivity index (χ0v) is 12.8. The molecule has 0 fully saturated rings. The Morgan fingerprint density at radius 2 is 0.696 bits per heavy atom. The fourth-order valence-corrected chi connectivity index (χ4v) is 2.05.